The molecule has 0 atom stereocenters. The maximum absolute atomic E-state index is 11.4. The maximum Gasteiger partial charge on any atom is 0.244 e. The van der Waals surface area contributed by atoms with Crippen molar-refractivity contribution in [3.05, 3.63) is 23.6 Å². The third kappa shape index (κ3) is 2.07. The van der Waals surface area contributed by atoms with Gasteiger partial charge in [0.1, 0.15) is 0 Å². The molecule has 1 N–H and O–H groups in total. The third-order valence-corrected chi connectivity index (χ3v) is 1.56. The first kappa shape index (κ1) is 10.2. The molecule has 0 aromatic heterocycles. The minimum atomic E-state index is -0.498. The van der Waals surface area contributed by atoms with Crippen molar-refractivity contribution in [3.8, 4) is 0 Å². The van der Waals surface area contributed by atoms with E-state index in [2.05, 4.69) is 10.1 Å². The van der Waals surface area contributed by atoms with Gasteiger partial charge in [-0.05, 0) is 0 Å². The van der Waals surface area contributed by atoms with Crippen molar-refractivity contribution in [2.75, 3.05) is 7.11 Å². The lowest BCUT2D eigenvalue weighted by molar-refractivity contribution is -0.122. The number of nitrogens with one attached hydrogen (secondary N) is 1. The number of rotatable bonds is 2. The molecule has 1 aliphatic rings. The zero-order chi connectivity index (χ0) is 10.7. The summed E-state index contributed by atoms with van der Waals surface area (Å²) < 4.78 is 4.68. The average molecular weight is 195 g/mol. The molecule has 74 valence electrons. The summed E-state index contributed by atoms with van der Waals surface area (Å²) >= 11 is 0. The number of hydrogen-bond acceptors (Lipinski definition) is 4. The van der Waals surface area contributed by atoms with E-state index in [9.17, 15) is 14.4 Å². The van der Waals surface area contributed by atoms with Gasteiger partial charge in [-0.3, -0.25) is 14.4 Å². The monoisotopic (exact) mass is 195 g/mol. The minimum Gasteiger partial charge on any atom is -0.492 e. The van der Waals surface area contributed by atoms with E-state index in [4.69, 9.17) is 0 Å². The smallest absolute Gasteiger partial charge is 0.244 e. The molecule has 5 nitrogen and oxygen atoms in total. The number of ether oxygens (including phenoxy) is 1. The van der Waals surface area contributed by atoms with E-state index in [0.29, 0.717) is 0 Å². The second-order valence-corrected chi connectivity index (χ2v) is 2.68. The summed E-state index contributed by atoms with van der Waals surface area (Å²) in [5.41, 5.74) is -0.0538. The molecule has 0 bridgehead atoms. The zero-order valence-electron chi connectivity index (χ0n) is 7.79. The van der Waals surface area contributed by atoms with Crippen molar-refractivity contribution in [2.24, 2.45) is 0 Å². The first-order chi connectivity index (χ1) is 6.54. The van der Waals surface area contributed by atoms with Crippen LogP contribution in [0, 0.1) is 0 Å². The van der Waals surface area contributed by atoms with Gasteiger partial charge in [-0.2, -0.15) is 0 Å². The highest BCUT2D eigenvalue weighted by molar-refractivity contribution is 6.20. The summed E-state index contributed by atoms with van der Waals surface area (Å²) in [6.07, 6.45) is 2.14. The Balaban J connectivity index is 2.93. The van der Waals surface area contributed by atoms with Crippen LogP contribution in [0.1, 0.15) is 6.92 Å². The summed E-state index contributed by atoms with van der Waals surface area (Å²) in [5.74, 6) is -1.36. The lowest BCUT2D eigenvalue weighted by Crippen LogP contribution is -2.29. The Morgan fingerprint density at radius 3 is 2.50 bits per heavy atom. The van der Waals surface area contributed by atoms with E-state index in [-0.39, 0.29) is 17.2 Å². The topological polar surface area (TPSA) is 72.5 Å². The molecule has 0 fully saturated rings. The van der Waals surface area contributed by atoms with Gasteiger partial charge in [0.05, 0.1) is 12.8 Å². The van der Waals surface area contributed by atoms with Crippen molar-refractivity contribution in [1.29, 1.82) is 0 Å². The Labute approximate surface area is 80.4 Å². The number of Topliss-reactive ketones (excluding diaryl/α,β-unsaturated/α-hetero) is 1. The predicted octanol–water partition coefficient (Wildman–Crippen LogP) is -0.312. The van der Waals surface area contributed by atoms with Crippen LogP contribution in [0.25, 0.3) is 0 Å². The number of allylic oxidation sites excluding steroid dienone is 2. The number of amides is 1. The van der Waals surface area contributed by atoms with E-state index in [0.717, 1.165) is 12.2 Å². The van der Waals surface area contributed by atoms with Gasteiger partial charge in [0, 0.05) is 19.1 Å². The second-order valence-electron chi connectivity index (χ2n) is 2.68. The van der Waals surface area contributed by atoms with E-state index >= 15 is 0 Å². The number of carbonyl (C=O) groups excluding carboxylic acids is 3. The van der Waals surface area contributed by atoms with E-state index in [1.165, 1.54) is 14.0 Å². The van der Waals surface area contributed by atoms with Gasteiger partial charge in [0.25, 0.3) is 0 Å². The molecule has 0 aromatic rings. The molecule has 5 heteroatoms. The Kier molecular flexibility index (Phi) is 2.81. The average Bonchev–Trinajstić information content (AvgIpc) is 2.09. The zero-order valence-corrected chi connectivity index (χ0v) is 7.79. The van der Waals surface area contributed by atoms with Crippen LogP contribution >= 0.6 is 0 Å². The molecule has 0 radical (unpaired) electrons. The van der Waals surface area contributed by atoms with Crippen LogP contribution in [0.15, 0.2) is 23.6 Å². The number of hydrogen-bond donors (Lipinski definition) is 1. The highest BCUT2D eigenvalue weighted by Gasteiger charge is 2.22. The van der Waals surface area contributed by atoms with Crippen molar-refractivity contribution in [2.45, 2.75) is 6.92 Å². The first-order valence-corrected chi connectivity index (χ1v) is 3.88. The minimum absolute atomic E-state index is 0.0538. The van der Waals surface area contributed by atoms with Gasteiger partial charge in [0.2, 0.25) is 11.7 Å². The molecule has 0 spiro atoms. The van der Waals surface area contributed by atoms with Gasteiger partial charge in [-0.1, -0.05) is 0 Å². The standard InChI is InChI=1S/C9H9NO4/c1-5(11)10-7-3-6(12)4-8(14-2)9(7)13/h3-4H,1-2H3,(H,10,11). The SMILES string of the molecule is COC1=CC(=O)C=C(NC(C)=O)C1=O. The van der Waals surface area contributed by atoms with Gasteiger partial charge < -0.3 is 10.1 Å². The maximum atomic E-state index is 11.4. The van der Waals surface area contributed by atoms with Crippen molar-refractivity contribution >= 4 is 17.5 Å². The molecule has 0 heterocycles. The van der Waals surface area contributed by atoms with Crippen LogP contribution in [0.2, 0.25) is 0 Å². The van der Waals surface area contributed by atoms with Gasteiger partial charge in [0.15, 0.2) is 11.5 Å². The Hall–Kier alpha value is -1.91. The number of ketones is 2. The molecular formula is C9H9NO4. The molecule has 1 amide bonds. The quantitative estimate of drug-likeness (QED) is 0.613. The fourth-order valence-electron chi connectivity index (χ4n) is 1.01. The van der Waals surface area contributed by atoms with Crippen LogP contribution in [0.3, 0.4) is 0 Å². The summed E-state index contributed by atoms with van der Waals surface area (Å²) in [5, 5.41) is 2.26. The molecule has 0 saturated heterocycles. The number of methoxy groups -OCH3 is 1. The van der Waals surface area contributed by atoms with Crippen LogP contribution in [-0.4, -0.2) is 24.6 Å². The van der Waals surface area contributed by atoms with Crippen molar-refractivity contribution in [3.63, 3.8) is 0 Å². The molecule has 14 heavy (non-hydrogen) atoms. The Morgan fingerprint density at radius 2 is 2.00 bits per heavy atom. The van der Waals surface area contributed by atoms with E-state index in [1.807, 2.05) is 0 Å². The molecule has 1 aliphatic carbocycles. The summed E-state index contributed by atoms with van der Waals surface area (Å²) in [6.45, 7) is 1.25. The van der Waals surface area contributed by atoms with Gasteiger partial charge in [-0.15, -0.1) is 0 Å². The molecule has 0 aliphatic heterocycles. The fourth-order valence-corrected chi connectivity index (χ4v) is 1.01. The Bertz CT molecular complexity index is 365. The normalized spacial score (nSPS) is 15.9. The second kappa shape index (κ2) is 3.87. The van der Waals surface area contributed by atoms with Crippen LogP contribution in [0.4, 0.5) is 0 Å². The predicted molar refractivity (Wildman–Crippen MR) is 47.0 cm³/mol. The molecule has 0 aromatic carbocycles. The lowest BCUT2D eigenvalue weighted by atomic mass is 10.1. The first-order valence-electron chi connectivity index (χ1n) is 3.88. The third-order valence-electron chi connectivity index (χ3n) is 1.56. The summed E-state index contributed by atoms with van der Waals surface area (Å²) in [6, 6.07) is 0. The van der Waals surface area contributed by atoms with Crippen molar-refractivity contribution < 1.29 is 19.1 Å². The highest BCUT2D eigenvalue weighted by atomic mass is 16.5. The van der Waals surface area contributed by atoms with Gasteiger partial charge >= 0.3 is 0 Å². The molecular weight excluding hydrogens is 186 g/mol. The fraction of sp³-hybridized carbons (Fsp3) is 0.222. The van der Waals surface area contributed by atoms with Gasteiger partial charge in [-0.25, -0.2) is 0 Å². The number of carbonyl (C=O) groups is 3. The summed E-state index contributed by atoms with van der Waals surface area (Å²) in [4.78, 5) is 33.1. The van der Waals surface area contributed by atoms with Crippen LogP contribution in [0.5, 0.6) is 0 Å². The molecule has 0 saturated carbocycles. The van der Waals surface area contributed by atoms with Crippen LogP contribution in [-0.2, 0) is 19.1 Å². The highest BCUT2D eigenvalue weighted by Crippen LogP contribution is 2.10. The summed E-state index contributed by atoms with van der Waals surface area (Å²) in [7, 11) is 1.29. The largest absolute Gasteiger partial charge is 0.492 e. The Morgan fingerprint density at radius 1 is 1.36 bits per heavy atom. The lowest BCUT2D eigenvalue weighted by Gasteiger charge is -2.11. The van der Waals surface area contributed by atoms with E-state index in [1.54, 1.807) is 0 Å². The molecule has 1 rings (SSSR count). The van der Waals surface area contributed by atoms with E-state index < -0.39 is 11.7 Å². The van der Waals surface area contributed by atoms with Crippen LogP contribution < -0.4 is 5.32 Å². The van der Waals surface area contributed by atoms with Crippen molar-refractivity contribution in [1.82, 2.24) is 5.32 Å². The molecule has 0 unspecified atom stereocenters.